The number of carbonyl (C=O) groups is 1. The van der Waals surface area contributed by atoms with Crippen molar-refractivity contribution in [2.75, 3.05) is 6.61 Å². The SMILES string of the molecule is CC(C)CC(CO)NC1CCCC(NC(=O)OC(C)(C)C)C1. The van der Waals surface area contributed by atoms with Crippen molar-refractivity contribution in [1.82, 2.24) is 10.6 Å². The molecule has 0 aromatic carbocycles. The Bertz CT molecular complexity index is 339. The van der Waals surface area contributed by atoms with Crippen LogP contribution in [0.4, 0.5) is 4.79 Å². The van der Waals surface area contributed by atoms with Crippen LogP contribution in [0.15, 0.2) is 0 Å². The van der Waals surface area contributed by atoms with E-state index < -0.39 is 5.60 Å². The first kappa shape index (κ1) is 19.2. The molecule has 22 heavy (non-hydrogen) atoms. The zero-order valence-corrected chi connectivity index (χ0v) is 14.8. The number of hydrogen-bond acceptors (Lipinski definition) is 4. The third-order valence-electron chi connectivity index (χ3n) is 3.84. The van der Waals surface area contributed by atoms with Gasteiger partial charge in [-0.1, -0.05) is 13.8 Å². The van der Waals surface area contributed by atoms with Crippen molar-refractivity contribution in [3.05, 3.63) is 0 Å². The van der Waals surface area contributed by atoms with Gasteiger partial charge >= 0.3 is 6.09 Å². The molecule has 0 aromatic rings. The second kappa shape index (κ2) is 8.73. The van der Waals surface area contributed by atoms with Crippen molar-refractivity contribution in [2.24, 2.45) is 5.92 Å². The highest BCUT2D eigenvalue weighted by Gasteiger charge is 2.26. The standard InChI is InChI=1S/C17H34N2O3/c1-12(2)9-15(11-20)18-13-7-6-8-14(10-13)19-16(21)22-17(3,4)5/h12-15,18,20H,6-11H2,1-5H3,(H,19,21). The average Bonchev–Trinajstić information content (AvgIpc) is 2.35. The molecule has 1 fully saturated rings. The first-order valence-corrected chi connectivity index (χ1v) is 8.56. The van der Waals surface area contributed by atoms with Crippen molar-refractivity contribution in [1.29, 1.82) is 0 Å². The summed E-state index contributed by atoms with van der Waals surface area (Å²) < 4.78 is 5.32. The summed E-state index contributed by atoms with van der Waals surface area (Å²) in [4.78, 5) is 11.9. The van der Waals surface area contributed by atoms with Gasteiger partial charge in [0.1, 0.15) is 5.60 Å². The monoisotopic (exact) mass is 314 g/mol. The Morgan fingerprint density at radius 1 is 1.27 bits per heavy atom. The summed E-state index contributed by atoms with van der Waals surface area (Å²) in [7, 11) is 0. The van der Waals surface area contributed by atoms with Crippen LogP contribution in [0, 0.1) is 5.92 Å². The van der Waals surface area contributed by atoms with Crippen LogP contribution in [0.5, 0.6) is 0 Å². The summed E-state index contributed by atoms with van der Waals surface area (Å²) in [5.41, 5.74) is -0.463. The molecule has 1 amide bonds. The van der Waals surface area contributed by atoms with E-state index in [4.69, 9.17) is 4.74 Å². The fourth-order valence-electron chi connectivity index (χ4n) is 3.04. The third kappa shape index (κ3) is 7.99. The number of aliphatic hydroxyl groups is 1. The van der Waals surface area contributed by atoms with Gasteiger partial charge in [-0.2, -0.15) is 0 Å². The van der Waals surface area contributed by atoms with Crippen LogP contribution in [0.1, 0.15) is 66.7 Å². The van der Waals surface area contributed by atoms with Gasteiger partial charge in [-0.25, -0.2) is 4.79 Å². The van der Waals surface area contributed by atoms with Gasteiger partial charge in [0, 0.05) is 18.1 Å². The quantitative estimate of drug-likeness (QED) is 0.705. The lowest BCUT2D eigenvalue weighted by atomic mass is 9.90. The summed E-state index contributed by atoms with van der Waals surface area (Å²) in [5.74, 6) is 0.559. The lowest BCUT2D eigenvalue weighted by Gasteiger charge is -2.33. The number of ether oxygens (including phenoxy) is 1. The second-order valence-electron chi connectivity index (χ2n) is 7.88. The second-order valence-corrected chi connectivity index (χ2v) is 7.88. The molecule has 3 atom stereocenters. The summed E-state index contributed by atoms with van der Waals surface area (Å²) in [6, 6.07) is 0.648. The smallest absolute Gasteiger partial charge is 0.407 e. The molecule has 0 saturated heterocycles. The lowest BCUT2D eigenvalue weighted by molar-refractivity contribution is 0.0486. The number of aliphatic hydroxyl groups excluding tert-OH is 1. The topological polar surface area (TPSA) is 70.6 Å². The zero-order valence-electron chi connectivity index (χ0n) is 14.8. The fourth-order valence-corrected chi connectivity index (χ4v) is 3.04. The molecule has 0 aromatic heterocycles. The lowest BCUT2D eigenvalue weighted by Crippen LogP contribution is -2.49. The van der Waals surface area contributed by atoms with Crippen LogP contribution in [-0.2, 0) is 4.74 Å². The summed E-state index contributed by atoms with van der Waals surface area (Å²) in [6.45, 7) is 10.1. The molecule has 0 aliphatic heterocycles. The van der Waals surface area contributed by atoms with E-state index in [9.17, 15) is 9.90 Å². The molecule has 5 nitrogen and oxygen atoms in total. The maximum absolute atomic E-state index is 11.9. The maximum atomic E-state index is 11.9. The van der Waals surface area contributed by atoms with Gasteiger partial charge in [0.2, 0.25) is 0 Å². The fraction of sp³-hybridized carbons (Fsp3) is 0.941. The summed E-state index contributed by atoms with van der Waals surface area (Å²) in [5, 5.41) is 16.0. The minimum absolute atomic E-state index is 0.144. The predicted octanol–water partition coefficient (Wildman–Crippen LogP) is 2.82. The number of amides is 1. The van der Waals surface area contributed by atoms with Gasteiger partial charge in [-0.05, 0) is 58.8 Å². The molecule has 0 spiro atoms. The van der Waals surface area contributed by atoms with E-state index in [2.05, 4.69) is 24.5 Å². The Kier molecular flexibility index (Phi) is 7.63. The highest BCUT2D eigenvalue weighted by atomic mass is 16.6. The number of nitrogens with one attached hydrogen (secondary N) is 2. The molecular weight excluding hydrogens is 280 g/mol. The minimum Gasteiger partial charge on any atom is -0.444 e. The Morgan fingerprint density at radius 2 is 1.91 bits per heavy atom. The number of hydrogen-bond donors (Lipinski definition) is 3. The Balaban J connectivity index is 2.42. The molecule has 130 valence electrons. The van der Waals surface area contributed by atoms with Crippen LogP contribution in [0.2, 0.25) is 0 Å². The predicted molar refractivity (Wildman–Crippen MR) is 88.9 cm³/mol. The van der Waals surface area contributed by atoms with Crippen molar-refractivity contribution >= 4 is 6.09 Å². The van der Waals surface area contributed by atoms with E-state index in [0.717, 1.165) is 32.1 Å². The first-order chi connectivity index (χ1) is 10.2. The van der Waals surface area contributed by atoms with Gasteiger partial charge in [0.15, 0.2) is 0 Å². The van der Waals surface area contributed by atoms with Gasteiger partial charge in [0.25, 0.3) is 0 Å². The van der Waals surface area contributed by atoms with Crippen LogP contribution in [0.25, 0.3) is 0 Å². The van der Waals surface area contributed by atoms with Crippen molar-refractivity contribution in [3.63, 3.8) is 0 Å². The average molecular weight is 314 g/mol. The molecule has 0 bridgehead atoms. The molecule has 3 N–H and O–H groups in total. The van der Waals surface area contributed by atoms with E-state index in [-0.39, 0.29) is 24.8 Å². The van der Waals surface area contributed by atoms with Crippen LogP contribution < -0.4 is 10.6 Å². The number of alkyl carbamates (subject to hydrolysis) is 1. The normalized spacial score (nSPS) is 24.1. The van der Waals surface area contributed by atoms with Gasteiger partial charge in [0.05, 0.1) is 6.61 Å². The van der Waals surface area contributed by atoms with Crippen molar-refractivity contribution < 1.29 is 14.6 Å². The molecule has 5 heteroatoms. The molecule has 0 heterocycles. The van der Waals surface area contributed by atoms with E-state index in [1.54, 1.807) is 0 Å². The Hall–Kier alpha value is -0.810. The molecule has 1 rings (SSSR count). The van der Waals surface area contributed by atoms with Crippen LogP contribution in [0.3, 0.4) is 0 Å². The van der Waals surface area contributed by atoms with E-state index >= 15 is 0 Å². The Labute approximate surface area is 135 Å². The number of carbonyl (C=O) groups excluding carboxylic acids is 1. The highest BCUT2D eigenvalue weighted by Crippen LogP contribution is 2.20. The van der Waals surface area contributed by atoms with Crippen molar-refractivity contribution in [2.45, 2.75) is 90.4 Å². The molecular formula is C17H34N2O3. The first-order valence-electron chi connectivity index (χ1n) is 8.56. The summed E-state index contributed by atoms with van der Waals surface area (Å²) in [6.07, 6.45) is 4.70. The molecule has 0 radical (unpaired) electrons. The van der Waals surface area contributed by atoms with Crippen molar-refractivity contribution in [3.8, 4) is 0 Å². The van der Waals surface area contributed by atoms with E-state index in [1.807, 2.05) is 20.8 Å². The van der Waals surface area contributed by atoms with Gasteiger partial charge in [-0.3, -0.25) is 0 Å². The largest absolute Gasteiger partial charge is 0.444 e. The molecule has 1 aliphatic carbocycles. The van der Waals surface area contributed by atoms with Crippen LogP contribution in [-0.4, -0.2) is 41.5 Å². The minimum atomic E-state index is -0.463. The van der Waals surface area contributed by atoms with E-state index in [1.165, 1.54) is 0 Å². The van der Waals surface area contributed by atoms with E-state index in [0.29, 0.717) is 12.0 Å². The molecule has 3 unspecified atom stereocenters. The molecule has 1 aliphatic rings. The molecule has 1 saturated carbocycles. The van der Waals surface area contributed by atoms with Gasteiger partial charge < -0.3 is 20.5 Å². The third-order valence-corrected chi connectivity index (χ3v) is 3.84. The highest BCUT2D eigenvalue weighted by molar-refractivity contribution is 5.68. The number of rotatable bonds is 6. The summed E-state index contributed by atoms with van der Waals surface area (Å²) >= 11 is 0. The van der Waals surface area contributed by atoms with Crippen LogP contribution >= 0.6 is 0 Å². The zero-order chi connectivity index (χ0) is 16.8. The maximum Gasteiger partial charge on any atom is 0.407 e. The Morgan fingerprint density at radius 3 is 2.45 bits per heavy atom. The van der Waals surface area contributed by atoms with Gasteiger partial charge in [-0.15, -0.1) is 0 Å².